The number of allylic oxidation sites excluding steroid dienone is 1. The van der Waals surface area contributed by atoms with Gasteiger partial charge in [0.1, 0.15) is 18.0 Å². The molecule has 3 aliphatic rings. The number of halogens is 1. The van der Waals surface area contributed by atoms with E-state index < -0.39 is 0 Å². The van der Waals surface area contributed by atoms with E-state index in [0.717, 1.165) is 48.8 Å². The Morgan fingerprint density at radius 2 is 2.00 bits per heavy atom. The first-order valence-electron chi connectivity index (χ1n) is 12.2. The minimum atomic E-state index is -0.227. The average molecular weight is 481 g/mol. The van der Waals surface area contributed by atoms with Crippen molar-refractivity contribution in [2.24, 2.45) is 0 Å². The number of amides is 1. The summed E-state index contributed by atoms with van der Waals surface area (Å²) >= 11 is 6.11. The van der Waals surface area contributed by atoms with Gasteiger partial charge in [0.15, 0.2) is 0 Å². The number of carbonyl (C=O) groups is 1. The lowest BCUT2D eigenvalue weighted by atomic mass is 9.93. The lowest BCUT2D eigenvalue weighted by molar-refractivity contribution is -0.133. The molecule has 0 aliphatic carbocycles. The zero-order valence-electron chi connectivity index (χ0n) is 20.1. The fourth-order valence-electron chi connectivity index (χ4n) is 5.65. The van der Waals surface area contributed by atoms with Crippen molar-refractivity contribution in [1.82, 2.24) is 20.2 Å². The molecule has 2 fully saturated rings. The molecule has 4 atom stereocenters. The van der Waals surface area contributed by atoms with Gasteiger partial charge in [0.2, 0.25) is 5.91 Å². The van der Waals surface area contributed by atoms with Gasteiger partial charge in [-0.3, -0.25) is 4.79 Å². The third-order valence-electron chi connectivity index (χ3n) is 7.30. The highest BCUT2D eigenvalue weighted by Gasteiger charge is 2.48. The lowest BCUT2D eigenvalue weighted by Gasteiger charge is -2.38. The monoisotopic (exact) mass is 480 g/mol. The van der Waals surface area contributed by atoms with E-state index in [1.165, 1.54) is 5.56 Å². The maximum atomic E-state index is 13.8. The van der Waals surface area contributed by atoms with E-state index in [1.807, 2.05) is 24.3 Å². The number of benzene rings is 1. The van der Waals surface area contributed by atoms with Gasteiger partial charge in [-0.25, -0.2) is 9.97 Å². The lowest BCUT2D eigenvalue weighted by Crippen LogP contribution is -2.51. The molecule has 2 saturated heterocycles. The predicted molar refractivity (Wildman–Crippen MR) is 136 cm³/mol. The van der Waals surface area contributed by atoms with E-state index in [1.54, 1.807) is 6.33 Å². The molecule has 7 nitrogen and oxygen atoms in total. The molecule has 2 aromatic rings. The number of fused-ring (bicyclic) bond motifs is 3. The Balaban J connectivity index is 1.35. The molecule has 34 heavy (non-hydrogen) atoms. The van der Waals surface area contributed by atoms with Crippen LogP contribution in [-0.2, 0) is 4.79 Å². The predicted octanol–water partition coefficient (Wildman–Crippen LogP) is 4.13. The SMILES string of the molecule is C=C1C[C@@H](C)c2c(ncnc2N2CC3CC2CN3C(=O)[C@H](CNC(C)C)c2ccc(Cl)cc2)N1. The molecular weight excluding hydrogens is 448 g/mol. The first-order valence-corrected chi connectivity index (χ1v) is 12.5. The Morgan fingerprint density at radius 3 is 2.68 bits per heavy atom. The fourth-order valence-corrected chi connectivity index (χ4v) is 5.78. The van der Waals surface area contributed by atoms with Crippen LogP contribution in [0.3, 0.4) is 0 Å². The van der Waals surface area contributed by atoms with Crippen LogP contribution in [0.5, 0.6) is 0 Å². The second kappa shape index (κ2) is 9.19. The highest BCUT2D eigenvalue weighted by molar-refractivity contribution is 6.30. The van der Waals surface area contributed by atoms with Crippen LogP contribution in [0.1, 0.15) is 56.6 Å². The topological polar surface area (TPSA) is 73.4 Å². The van der Waals surface area contributed by atoms with Gasteiger partial charge >= 0.3 is 0 Å². The van der Waals surface area contributed by atoms with Crippen molar-refractivity contribution >= 4 is 29.1 Å². The van der Waals surface area contributed by atoms with E-state index in [2.05, 4.69) is 52.8 Å². The number of hydrogen-bond acceptors (Lipinski definition) is 6. The van der Waals surface area contributed by atoms with Crippen LogP contribution in [0.25, 0.3) is 0 Å². The van der Waals surface area contributed by atoms with E-state index in [0.29, 0.717) is 23.5 Å². The summed E-state index contributed by atoms with van der Waals surface area (Å²) in [6, 6.07) is 8.46. The number of anilines is 2. The van der Waals surface area contributed by atoms with E-state index in [4.69, 9.17) is 16.6 Å². The van der Waals surface area contributed by atoms with Gasteiger partial charge in [0, 0.05) is 42.0 Å². The molecule has 1 aromatic carbocycles. The minimum absolute atomic E-state index is 0.193. The normalized spacial score (nSPS) is 24.4. The Bertz CT molecular complexity index is 1090. The van der Waals surface area contributed by atoms with Crippen LogP contribution >= 0.6 is 11.6 Å². The van der Waals surface area contributed by atoms with Crippen molar-refractivity contribution in [3.63, 3.8) is 0 Å². The van der Waals surface area contributed by atoms with Crippen LogP contribution in [0.4, 0.5) is 11.6 Å². The highest BCUT2D eigenvalue weighted by Crippen LogP contribution is 2.43. The molecule has 5 rings (SSSR count). The first kappa shape index (κ1) is 23.1. The van der Waals surface area contributed by atoms with Gasteiger partial charge < -0.3 is 20.4 Å². The Kier molecular flexibility index (Phi) is 6.25. The van der Waals surface area contributed by atoms with Crippen molar-refractivity contribution in [2.75, 3.05) is 29.9 Å². The van der Waals surface area contributed by atoms with Crippen molar-refractivity contribution in [1.29, 1.82) is 0 Å². The number of nitrogens with zero attached hydrogens (tertiary/aromatic N) is 4. The van der Waals surface area contributed by atoms with Crippen LogP contribution in [-0.4, -0.2) is 58.5 Å². The molecule has 2 bridgehead atoms. The first-order chi connectivity index (χ1) is 16.3. The molecule has 2 unspecified atom stereocenters. The second-order valence-corrected chi connectivity index (χ2v) is 10.6. The van der Waals surface area contributed by atoms with Gasteiger partial charge in [-0.15, -0.1) is 0 Å². The molecule has 1 amide bonds. The summed E-state index contributed by atoms with van der Waals surface area (Å²) in [7, 11) is 0. The fraction of sp³-hybridized carbons (Fsp3) is 0.500. The number of hydrogen-bond donors (Lipinski definition) is 2. The summed E-state index contributed by atoms with van der Waals surface area (Å²) in [4.78, 5) is 27.4. The van der Waals surface area contributed by atoms with Gasteiger partial charge in [-0.05, 0) is 36.5 Å². The number of likely N-dealkylation sites (tertiary alicyclic amines) is 1. The van der Waals surface area contributed by atoms with E-state index in [9.17, 15) is 4.79 Å². The third-order valence-corrected chi connectivity index (χ3v) is 7.55. The van der Waals surface area contributed by atoms with Crippen LogP contribution in [0.2, 0.25) is 5.02 Å². The van der Waals surface area contributed by atoms with Crippen LogP contribution < -0.4 is 15.5 Å². The summed E-state index contributed by atoms with van der Waals surface area (Å²) < 4.78 is 0. The minimum Gasteiger partial charge on any atom is -0.349 e. The molecule has 2 N–H and O–H groups in total. The molecular formula is C26H33ClN6O. The van der Waals surface area contributed by atoms with E-state index >= 15 is 0 Å². The highest BCUT2D eigenvalue weighted by atomic mass is 35.5. The van der Waals surface area contributed by atoms with Gasteiger partial charge in [0.25, 0.3) is 0 Å². The second-order valence-electron chi connectivity index (χ2n) is 10.1. The Morgan fingerprint density at radius 1 is 1.24 bits per heavy atom. The van der Waals surface area contributed by atoms with Crippen molar-refractivity contribution in [3.05, 3.63) is 59.0 Å². The van der Waals surface area contributed by atoms with Crippen LogP contribution in [0.15, 0.2) is 42.9 Å². The molecule has 0 radical (unpaired) electrons. The number of aromatic nitrogens is 2. The summed E-state index contributed by atoms with van der Waals surface area (Å²) in [5.41, 5.74) is 3.17. The molecule has 4 heterocycles. The molecule has 3 aliphatic heterocycles. The number of piperazine rings is 1. The molecule has 0 spiro atoms. The van der Waals surface area contributed by atoms with Crippen LogP contribution in [0, 0.1) is 0 Å². The average Bonchev–Trinajstić information content (AvgIpc) is 3.40. The van der Waals surface area contributed by atoms with Gasteiger partial charge in [-0.2, -0.15) is 0 Å². The molecule has 1 aromatic heterocycles. The van der Waals surface area contributed by atoms with Gasteiger partial charge in [0.05, 0.1) is 18.0 Å². The Labute approximate surface area is 206 Å². The van der Waals surface area contributed by atoms with Crippen molar-refractivity contribution in [3.8, 4) is 0 Å². The zero-order valence-corrected chi connectivity index (χ0v) is 20.8. The number of nitrogens with one attached hydrogen (secondary N) is 2. The maximum Gasteiger partial charge on any atom is 0.231 e. The standard InChI is InChI=1S/C26H33ClN6O/c1-15(2)28-11-22(18-5-7-19(27)8-6-18)26(34)33-13-20-10-21(33)12-32(20)25-23-16(3)9-17(4)31-24(23)29-14-30-25/h5-8,14-16,20-22,28H,4,9-13H2,1-3H3,(H,29,30,31)/t16-,20?,21?,22-/m1/s1. The third kappa shape index (κ3) is 4.27. The largest absolute Gasteiger partial charge is 0.349 e. The smallest absolute Gasteiger partial charge is 0.231 e. The number of carbonyl (C=O) groups excluding carboxylic acids is 1. The molecule has 0 saturated carbocycles. The van der Waals surface area contributed by atoms with E-state index in [-0.39, 0.29) is 23.9 Å². The molecule has 8 heteroatoms. The summed E-state index contributed by atoms with van der Waals surface area (Å²) in [5, 5.41) is 7.48. The quantitative estimate of drug-likeness (QED) is 0.647. The summed E-state index contributed by atoms with van der Waals surface area (Å²) in [5.74, 6) is 2.15. The zero-order chi connectivity index (χ0) is 24.0. The van der Waals surface area contributed by atoms with Crippen molar-refractivity contribution in [2.45, 2.75) is 63.6 Å². The van der Waals surface area contributed by atoms with Crippen molar-refractivity contribution < 1.29 is 4.79 Å². The summed E-state index contributed by atoms with van der Waals surface area (Å²) in [6.07, 6.45) is 3.49. The number of rotatable bonds is 6. The summed E-state index contributed by atoms with van der Waals surface area (Å²) in [6.45, 7) is 12.6. The maximum absolute atomic E-state index is 13.8. The van der Waals surface area contributed by atoms with Gasteiger partial charge in [-0.1, -0.05) is 51.1 Å². The Hall–Kier alpha value is -2.64. The molecule has 180 valence electrons.